The lowest BCUT2D eigenvalue weighted by Gasteiger charge is -2.36. The van der Waals surface area contributed by atoms with Crippen LogP contribution in [-0.4, -0.2) is 25.3 Å². The largest absolute Gasteiger partial charge is 0.380 e. The van der Waals surface area contributed by atoms with Gasteiger partial charge in [0.15, 0.2) is 0 Å². The Morgan fingerprint density at radius 1 is 1.14 bits per heavy atom. The highest BCUT2D eigenvalue weighted by Crippen LogP contribution is 2.32. The molecule has 0 spiro atoms. The minimum Gasteiger partial charge on any atom is -0.380 e. The predicted octanol–water partition coefficient (Wildman–Crippen LogP) is 4.15. The number of benzene rings is 1. The molecule has 0 saturated heterocycles. The summed E-state index contributed by atoms with van der Waals surface area (Å²) in [4.78, 5) is 0. The predicted molar refractivity (Wildman–Crippen MR) is 89.7 cm³/mol. The van der Waals surface area contributed by atoms with E-state index >= 15 is 0 Å². The standard InChI is InChI=1S/C19H31NO/c1-5-19(14-20-18(2,3)4,15-21-13-16-11-12-16)17-9-7-6-8-10-17/h6-10,16,20H,5,11-15H2,1-4H3. The fraction of sp³-hybridized carbons (Fsp3) is 0.684. The van der Waals surface area contributed by atoms with Gasteiger partial charge in [0.25, 0.3) is 0 Å². The topological polar surface area (TPSA) is 21.3 Å². The first-order valence-electron chi connectivity index (χ1n) is 8.33. The van der Waals surface area contributed by atoms with Crippen molar-refractivity contribution >= 4 is 0 Å². The van der Waals surface area contributed by atoms with Crippen LogP contribution in [0, 0.1) is 5.92 Å². The third-order valence-corrected chi connectivity index (χ3v) is 4.45. The van der Waals surface area contributed by atoms with Gasteiger partial charge < -0.3 is 10.1 Å². The molecule has 0 aromatic heterocycles. The van der Waals surface area contributed by atoms with E-state index in [2.05, 4.69) is 63.3 Å². The van der Waals surface area contributed by atoms with Gasteiger partial charge in [0.2, 0.25) is 0 Å². The lowest BCUT2D eigenvalue weighted by Crippen LogP contribution is -2.48. The van der Waals surface area contributed by atoms with E-state index < -0.39 is 0 Å². The van der Waals surface area contributed by atoms with E-state index in [1.54, 1.807) is 0 Å². The molecule has 1 saturated carbocycles. The van der Waals surface area contributed by atoms with E-state index in [-0.39, 0.29) is 11.0 Å². The summed E-state index contributed by atoms with van der Waals surface area (Å²) in [5.74, 6) is 0.825. The van der Waals surface area contributed by atoms with Crippen LogP contribution in [-0.2, 0) is 10.2 Å². The molecule has 0 radical (unpaired) electrons. The maximum atomic E-state index is 6.09. The summed E-state index contributed by atoms with van der Waals surface area (Å²) in [6.07, 6.45) is 3.79. The first kappa shape index (κ1) is 16.5. The minimum absolute atomic E-state index is 0.0728. The first-order valence-corrected chi connectivity index (χ1v) is 8.33. The van der Waals surface area contributed by atoms with Gasteiger partial charge in [-0.05, 0) is 51.5 Å². The van der Waals surface area contributed by atoms with Gasteiger partial charge in [-0.1, -0.05) is 37.3 Å². The zero-order valence-corrected chi connectivity index (χ0v) is 14.1. The molecular weight excluding hydrogens is 258 g/mol. The molecule has 1 aromatic carbocycles. The number of ether oxygens (including phenoxy) is 1. The van der Waals surface area contributed by atoms with Crippen molar-refractivity contribution in [2.24, 2.45) is 5.92 Å². The van der Waals surface area contributed by atoms with E-state index in [0.29, 0.717) is 0 Å². The molecule has 0 aliphatic heterocycles. The summed E-state index contributed by atoms with van der Waals surface area (Å²) >= 11 is 0. The molecule has 0 heterocycles. The Kier molecular flexibility index (Phi) is 5.45. The SMILES string of the molecule is CCC(CNC(C)(C)C)(COCC1CC1)c1ccccc1. The van der Waals surface area contributed by atoms with Gasteiger partial charge in [-0.25, -0.2) is 0 Å². The fourth-order valence-corrected chi connectivity index (χ4v) is 2.60. The molecule has 118 valence electrons. The number of rotatable bonds is 8. The highest BCUT2D eigenvalue weighted by Gasteiger charge is 2.33. The van der Waals surface area contributed by atoms with Gasteiger partial charge in [0.1, 0.15) is 0 Å². The van der Waals surface area contributed by atoms with Gasteiger partial charge in [0, 0.05) is 24.1 Å². The molecule has 1 N–H and O–H groups in total. The average Bonchev–Trinajstić information content (AvgIpc) is 3.27. The number of hydrogen-bond acceptors (Lipinski definition) is 2. The van der Waals surface area contributed by atoms with Crippen LogP contribution in [0.5, 0.6) is 0 Å². The van der Waals surface area contributed by atoms with Crippen molar-refractivity contribution in [1.29, 1.82) is 0 Å². The first-order chi connectivity index (χ1) is 9.95. The minimum atomic E-state index is 0.0728. The highest BCUT2D eigenvalue weighted by atomic mass is 16.5. The summed E-state index contributed by atoms with van der Waals surface area (Å²) < 4.78 is 6.09. The van der Waals surface area contributed by atoms with Crippen LogP contribution >= 0.6 is 0 Å². The molecule has 0 amide bonds. The Balaban J connectivity index is 2.09. The number of hydrogen-bond donors (Lipinski definition) is 1. The van der Waals surface area contributed by atoms with Gasteiger partial charge in [0.05, 0.1) is 6.61 Å². The second-order valence-corrected chi connectivity index (χ2v) is 7.56. The van der Waals surface area contributed by atoms with Crippen LogP contribution in [0.2, 0.25) is 0 Å². The Hall–Kier alpha value is -0.860. The van der Waals surface area contributed by atoms with Crippen LogP contribution in [0.15, 0.2) is 30.3 Å². The summed E-state index contributed by atoms with van der Waals surface area (Å²) in [5.41, 5.74) is 1.59. The third kappa shape index (κ3) is 5.12. The van der Waals surface area contributed by atoms with Crippen molar-refractivity contribution in [1.82, 2.24) is 5.32 Å². The molecule has 2 heteroatoms. The van der Waals surface area contributed by atoms with E-state index in [0.717, 1.165) is 32.1 Å². The van der Waals surface area contributed by atoms with Gasteiger partial charge >= 0.3 is 0 Å². The summed E-state index contributed by atoms with van der Waals surface area (Å²) in [5, 5.41) is 3.69. The van der Waals surface area contributed by atoms with Gasteiger partial charge in [-0.3, -0.25) is 0 Å². The maximum Gasteiger partial charge on any atom is 0.0575 e. The second kappa shape index (κ2) is 6.93. The molecule has 21 heavy (non-hydrogen) atoms. The molecule has 1 aliphatic rings. The molecular formula is C19H31NO. The molecule has 1 aliphatic carbocycles. The van der Waals surface area contributed by atoms with Gasteiger partial charge in [-0.15, -0.1) is 0 Å². The van der Waals surface area contributed by atoms with Crippen molar-refractivity contribution in [3.05, 3.63) is 35.9 Å². The molecule has 2 nitrogen and oxygen atoms in total. The number of nitrogens with one attached hydrogen (secondary N) is 1. The highest BCUT2D eigenvalue weighted by molar-refractivity contribution is 5.26. The van der Waals surface area contributed by atoms with Crippen molar-refractivity contribution in [3.8, 4) is 0 Å². The average molecular weight is 289 g/mol. The maximum absolute atomic E-state index is 6.09. The zero-order chi connectivity index (χ0) is 15.3. The van der Waals surface area contributed by atoms with E-state index in [1.165, 1.54) is 18.4 Å². The van der Waals surface area contributed by atoms with Crippen LogP contribution in [0.1, 0.15) is 52.5 Å². The zero-order valence-electron chi connectivity index (χ0n) is 14.1. The second-order valence-electron chi connectivity index (χ2n) is 7.56. The molecule has 0 bridgehead atoms. The van der Waals surface area contributed by atoms with Crippen LogP contribution in [0.4, 0.5) is 0 Å². The quantitative estimate of drug-likeness (QED) is 0.776. The van der Waals surface area contributed by atoms with E-state index in [1.807, 2.05) is 0 Å². The fourth-order valence-electron chi connectivity index (χ4n) is 2.60. The Morgan fingerprint density at radius 3 is 2.33 bits per heavy atom. The van der Waals surface area contributed by atoms with E-state index in [9.17, 15) is 0 Å². The summed E-state index contributed by atoms with van der Waals surface area (Å²) in [7, 11) is 0. The Morgan fingerprint density at radius 2 is 1.81 bits per heavy atom. The van der Waals surface area contributed by atoms with Gasteiger partial charge in [-0.2, -0.15) is 0 Å². The van der Waals surface area contributed by atoms with Crippen molar-refractivity contribution in [2.45, 2.75) is 57.9 Å². The molecule has 1 fully saturated rings. The van der Waals surface area contributed by atoms with E-state index in [4.69, 9.17) is 4.74 Å². The lowest BCUT2D eigenvalue weighted by atomic mass is 9.78. The Bertz CT molecular complexity index is 419. The summed E-state index contributed by atoms with van der Waals surface area (Å²) in [6.45, 7) is 11.7. The van der Waals surface area contributed by atoms with Crippen LogP contribution < -0.4 is 5.32 Å². The van der Waals surface area contributed by atoms with Crippen molar-refractivity contribution in [2.75, 3.05) is 19.8 Å². The summed E-state index contributed by atoms with van der Waals surface area (Å²) in [6, 6.07) is 10.9. The smallest absolute Gasteiger partial charge is 0.0575 e. The molecule has 1 aromatic rings. The molecule has 1 unspecified atom stereocenters. The van der Waals surface area contributed by atoms with Crippen LogP contribution in [0.3, 0.4) is 0 Å². The monoisotopic (exact) mass is 289 g/mol. The van der Waals surface area contributed by atoms with Crippen molar-refractivity contribution in [3.63, 3.8) is 0 Å². The molecule has 1 atom stereocenters. The Labute approximate surface area is 130 Å². The lowest BCUT2D eigenvalue weighted by molar-refractivity contribution is 0.0693. The third-order valence-electron chi connectivity index (χ3n) is 4.45. The van der Waals surface area contributed by atoms with Crippen molar-refractivity contribution < 1.29 is 4.74 Å². The normalized spacial score (nSPS) is 18.5. The van der Waals surface area contributed by atoms with Crippen LogP contribution in [0.25, 0.3) is 0 Å². The molecule has 2 rings (SSSR count).